The van der Waals surface area contributed by atoms with Crippen LogP contribution in [0, 0.1) is 13.8 Å². The molecule has 0 bridgehead atoms. The Labute approximate surface area is 167 Å². The molecule has 0 N–H and O–H groups in total. The summed E-state index contributed by atoms with van der Waals surface area (Å²) < 4.78 is 11.3. The summed E-state index contributed by atoms with van der Waals surface area (Å²) in [5, 5.41) is 0.630. The van der Waals surface area contributed by atoms with Gasteiger partial charge in [0.25, 0.3) is 5.91 Å². The smallest absolute Gasteiger partial charge is 0.292 e. The highest BCUT2D eigenvalue weighted by Gasteiger charge is 2.34. The summed E-state index contributed by atoms with van der Waals surface area (Å²) in [6.07, 6.45) is 4.90. The molecule has 1 aliphatic rings. The molecular formula is C20H19ClN4O3. The maximum Gasteiger partial charge on any atom is 0.292 e. The number of halogens is 1. The van der Waals surface area contributed by atoms with Crippen molar-refractivity contribution in [3.05, 3.63) is 64.7 Å². The van der Waals surface area contributed by atoms with E-state index in [9.17, 15) is 4.79 Å². The Morgan fingerprint density at radius 2 is 2.00 bits per heavy atom. The van der Waals surface area contributed by atoms with E-state index in [1.165, 1.54) is 0 Å². The molecule has 28 heavy (non-hydrogen) atoms. The van der Waals surface area contributed by atoms with Crippen molar-refractivity contribution in [3.63, 3.8) is 0 Å². The van der Waals surface area contributed by atoms with E-state index in [0.717, 1.165) is 12.8 Å². The zero-order valence-electron chi connectivity index (χ0n) is 15.6. The number of hydrogen-bond acceptors (Lipinski definition) is 6. The Kier molecular flexibility index (Phi) is 5.00. The Morgan fingerprint density at radius 3 is 2.71 bits per heavy atom. The molecule has 1 aromatic carbocycles. The number of nitrogens with zero attached hydrogens (tertiary/aromatic N) is 4. The Bertz CT molecular complexity index is 1000. The molecular weight excluding hydrogens is 380 g/mol. The van der Waals surface area contributed by atoms with Crippen molar-refractivity contribution in [2.24, 2.45) is 0 Å². The second-order valence-corrected chi connectivity index (χ2v) is 7.08. The van der Waals surface area contributed by atoms with Gasteiger partial charge in [0.15, 0.2) is 5.89 Å². The van der Waals surface area contributed by atoms with Crippen molar-refractivity contribution in [1.82, 2.24) is 19.9 Å². The standard InChI is InChI=1S/C20H19ClN4O3/c1-12-19(27-13(2)23-12)20(26)25-9-3-4-17(25)16-10-22-11-18(24-16)28-15-7-5-14(21)6-8-15/h5-8,10-11,17H,3-4,9H2,1-2H3. The lowest BCUT2D eigenvalue weighted by Crippen LogP contribution is -2.31. The van der Waals surface area contributed by atoms with Crippen LogP contribution in [0.15, 0.2) is 41.1 Å². The van der Waals surface area contributed by atoms with Crippen LogP contribution in [-0.2, 0) is 0 Å². The van der Waals surface area contributed by atoms with Gasteiger partial charge in [-0.25, -0.2) is 9.97 Å². The van der Waals surface area contributed by atoms with Crippen molar-refractivity contribution >= 4 is 17.5 Å². The molecule has 1 atom stereocenters. The Hall–Kier alpha value is -2.93. The number of benzene rings is 1. The van der Waals surface area contributed by atoms with E-state index in [0.29, 0.717) is 40.5 Å². The van der Waals surface area contributed by atoms with Gasteiger partial charge in [-0.05, 0) is 44.0 Å². The van der Waals surface area contributed by atoms with Crippen LogP contribution in [0.5, 0.6) is 11.6 Å². The number of rotatable bonds is 4. The summed E-state index contributed by atoms with van der Waals surface area (Å²) in [7, 11) is 0. The Morgan fingerprint density at radius 1 is 1.21 bits per heavy atom. The topological polar surface area (TPSA) is 81.4 Å². The quantitative estimate of drug-likeness (QED) is 0.643. The zero-order valence-corrected chi connectivity index (χ0v) is 16.3. The maximum absolute atomic E-state index is 13.0. The van der Waals surface area contributed by atoms with Crippen LogP contribution >= 0.6 is 11.6 Å². The van der Waals surface area contributed by atoms with Crippen LogP contribution in [0.25, 0.3) is 0 Å². The fourth-order valence-electron chi connectivity index (χ4n) is 3.37. The predicted octanol–water partition coefficient (Wildman–Crippen LogP) is 4.50. The fraction of sp³-hybridized carbons (Fsp3) is 0.300. The molecule has 1 aliphatic heterocycles. The van der Waals surface area contributed by atoms with Gasteiger partial charge in [0.05, 0.1) is 29.8 Å². The van der Waals surface area contributed by atoms with Crippen molar-refractivity contribution in [2.75, 3.05) is 6.54 Å². The summed E-state index contributed by atoms with van der Waals surface area (Å²) >= 11 is 5.90. The first-order chi connectivity index (χ1) is 13.5. The normalized spacial score (nSPS) is 16.4. The average molecular weight is 399 g/mol. The number of aromatic nitrogens is 3. The molecule has 0 saturated carbocycles. The zero-order chi connectivity index (χ0) is 19.7. The van der Waals surface area contributed by atoms with E-state index in [-0.39, 0.29) is 17.7 Å². The molecule has 1 saturated heterocycles. The highest BCUT2D eigenvalue weighted by molar-refractivity contribution is 6.30. The van der Waals surface area contributed by atoms with E-state index >= 15 is 0 Å². The largest absolute Gasteiger partial charge is 0.437 e. The SMILES string of the molecule is Cc1nc(C)c(C(=O)N2CCCC2c2cncc(Oc3ccc(Cl)cc3)n2)o1. The van der Waals surface area contributed by atoms with Gasteiger partial charge in [-0.3, -0.25) is 9.78 Å². The molecule has 0 radical (unpaired) electrons. The van der Waals surface area contributed by atoms with E-state index in [1.807, 2.05) is 0 Å². The first-order valence-electron chi connectivity index (χ1n) is 9.01. The van der Waals surface area contributed by atoms with Gasteiger partial charge >= 0.3 is 0 Å². The van der Waals surface area contributed by atoms with Gasteiger partial charge in [0.1, 0.15) is 5.75 Å². The van der Waals surface area contributed by atoms with Gasteiger partial charge in [-0.15, -0.1) is 0 Å². The molecule has 7 nitrogen and oxygen atoms in total. The number of aryl methyl sites for hydroxylation is 2. The van der Waals surface area contributed by atoms with Crippen molar-refractivity contribution < 1.29 is 13.9 Å². The van der Waals surface area contributed by atoms with Gasteiger partial charge in [0.2, 0.25) is 11.6 Å². The lowest BCUT2D eigenvalue weighted by Gasteiger charge is -2.23. The van der Waals surface area contributed by atoms with Crippen LogP contribution in [0.4, 0.5) is 0 Å². The number of hydrogen-bond donors (Lipinski definition) is 0. The molecule has 2 aromatic heterocycles. The summed E-state index contributed by atoms with van der Waals surface area (Å²) in [5.41, 5.74) is 1.28. The lowest BCUT2D eigenvalue weighted by atomic mass is 10.1. The van der Waals surface area contributed by atoms with Crippen molar-refractivity contribution in [1.29, 1.82) is 0 Å². The first-order valence-corrected chi connectivity index (χ1v) is 9.39. The predicted molar refractivity (Wildman–Crippen MR) is 103 cm³/mol. The third-order valence-electron chi connectivity index (χ3n) is 4.62. The highest BCUT2D eigenvalue weighted by Crippen LogP contribution is 2.33. The van der Waals surface area contributed by atoms with Crippen LogP contribution in [0.2, 0.25) is 5.02 Å². The summed E-state index contributed by atoms with van der Waals surface area (Å²) in [6.45, 7) is 4.14. The van der Waals surface area contributed by atoms with E-state index < -0.39 is 0 Å². The van der Waals surface area contributed by atoms with Gasteiger partial charge in [-0.2, -0.15) is 0 Å². The molecule has 8 heteroatoms. The van der Waals surface area contributed by atoms with Crippen LogP contribution in [-0.4, -0.2) is 32.3 Å². The third-order valence-corrected chi connectivity index (χ3v) is 4.87. The van der Waals surface area contributed by atoms with E-state index in [1.54, 1.807) is 55.4 Å². The highest BCUT2D eigenvalue weighted by atomic mass is 35.5. The van der Waals surface area contributed by atoms with Crippen molar-refractivity contribution in [2.45, 2.75) is 32.7 Å². The summed E-state index contributed by atoms with van der Waals surface area (Å²) in [4.78, 5) is 27.7. The number of carbonyl (C=O) groups is 1. The second-order valence-electron chi connectivity index (χ2n) is 6.64. The number of amides is 1. The molecule has 0 spiro atoms. The molecule has 4 rings (SSSR count). The molecule has 1 fully saturated rings. The first kappa shape index (κ1) is 18.4. The molecule has 1 amide bonds. The second kappa shape index (κ2) is 7.59. The van der Waals surface area contributed by atoms with Gasteiger partial charge in [-0.1, -0.05) is 11.6 Å². The summed E-state index contributed by atoms with van der Waals surface area (Å²) in [6, 6.07) is 6.83. The maximum atomic E-state index is 13.0. The molecule has 144 valence electrons. The van der Waals surface area contributed by atoms with Crippen molar-refractivity contribution in [3.8, 4) is 11.6 Å². The molecule has 3 heterocycles. The number of likely N-dealkylation sites (tertiary alicyclic amines) is 1. The molecule has 1 unspecified atom stereocenters. The minimum atomic E-state index is -0.182. The number of oxazole rings is 1. The monoisotopic (exact) mass is 398 g/mol. The van der Waals surface area contributed by atoms with Crippen LogP contribution in [0.3, 0.4) is 0 Å². The molecule has 3 aromatic rings. The van der Waals surface area contributed by atoms with Gasteiger partial charge in [0, 0.05) is 18.5 Å². The van der Waals surface area contributed by atoms with Gasteiger partial charge < -0.3 is 14.1 Å². The fourth-order valence-corrected chi connectivity index (χ4v) is 3.50. The lowest BCUT2D eigenvalue weighted by molar-refractivity contribution is 0.0697. The average Bonchev–Trinajstić information content (AvgIpc) is 3.30. The molecule has 0 aliphatic carbocycles. The Balaban J connectivity index is 1.56. The summed E-state index contributed by atoms with van der Waals surface area (Å²) in [5.74, 6) is 1.57. The minimum Gasteiger partial charge on any atom is -0.437 e. The van der Waals surface area contributed by atoms with Crippen LogP contribution in [0.1, 0.15) is 46.7 Å². The number of carbonyl (C=O) groups excluding carboxylic acids is 1. The van der Waals surface area contributed by atoms with Crippen LogP contribution < -0.4 is 4.74 Å². The van der Waals surface area contributed by atoms with E-state index in [2.05, 4.69) is 15.0 Å². The van der Waals surface area contributed by atoms with E-state index in [4.69, 9.17) is 20.8 Å². The minimum absolute atomic E-state index is 0.175. The number of ether oxygens (including phenoxy) is 1. The third kappa shape index (κ3) is 3.71.